The molecule has 0 bridgehead atoms. The number of carbonyl (C=O) groups is 3. The quantitative estimate of drug-likeness (QED) is 0.741. The summed E-state index contributed by atoms with van der Waals surface area (Å²) in [5.41, 5.74) is 1.61. The molecule has 1 aromatic carbocycles. The molecule has 0 saturated carbocycles. The summed E-state index contributed by atoms with van der Waals surface area (Å²) in [6.07, 6.45) is 0. The van der Waals surface area contributed by atoms with Gasteiger partial charge in [0.25, 0.3) is 5.91 Å². The fourth-order valence-corrected chi connectivity index (χ4v) is 1.80. The Morgan fingerprint density at radius 3 is 2.13 bits per heavy atom. The van der Waals surface area contributed by atoms with Crippen molar-refractivity contribution in [3.8, 4) is 0 Å². The fraction of sp³-hybridized carbons (Fsp3) is 0.471. The molecule has 0 aliphatic rings. The molecule has 6 heteroatoms. The maximum absolute atomic E-state index is 12.0. The van der Waals surface area contributed by atoms with Crippen LogP contribution < -0.4 is 10.6 Å². The van der Waals surface area contributed by atoms with Crippen molar-refractivity contribution in [2.24, 2.45) is 5.92 Å². The van der Waals surface area contributed by atoms with Gasteiger partial charge in [-0.15, -0.1) is 0 Å². The minimum absolute atomic E-state index is 0.00965. The number of amides is 2. The molecule has 0 aromatic heterocycles. The predicted molar refractivity (Wildman–Crippen MR) is 87.3 cm³/mol. The van der Waals surface area contributed by atoms with Crippen LogP contribution in [0.5, 0.6) is 0 Å². The predicted octanol–water partition coefficient (Wildman–Crippen LogP) is 1.55. The van der Waals surface area contributed by atoms with E-state index in [9.17, 15) is 14.4 Å². The molecule has 0 fully saturated rings. The highest BCUT2D eigenvalue weighted by molar-refractivity contribution is 5.96. The number of hydrogen-bond acceptors (Lipinski definition) is 3. The maximum Gasteiger partial charge on any atom is 0.308 e. The molecule has 6 nitrogen and oxygen atoms in total. The molecule has 2 amide bonds. The highest BCUT2D eigenvalue weighted by Gasteiger charge is 2.15. The number of carboxylic acids is 1. The Bertz CT molecular complexity index is 573. The number of carbonyl (C=O) groups excluding carboxylic acids is 2. The van der Waals surface area contributed by atoms with Gasteiger partial charge in [0, 0.05) is 12.1 Å². The zero-order valence-electron chi connectivity index (χ0n) is 14.0. The van der Waals surface area contributed by atoms with Crippen molar-refractivity contribution in [2.75, 3.05) is 13.1 Å². The van der Waals surface area contributed by atoms with Gasteiger partial charge in [0.15, 0.2) is 0 Å². The molecule has 0 aliphatic carbocycles. The van der Waals surface area contributed by atoms with E-state index >= 15 is 0 Å². The van der Waals surface area contributed by atoms with Gasteiger partial charge in [-0.2, -0.15) is 0 Å². The van der Waals surface area contributed by atoms with Crippen LogP contribution in [0.15, 0.2) is 24.3 Å². The third kappa shape index (κ3) is 6.10. The Labute approximate surface area is 136 Å². The van der Waals surface area contributed by atoms with Crippen molar-refractivity contribution in [1.82, 2.24) is 10.6 Å². The maximum atomic E-state index is 12.0. The lowest BCUT2D eigenvalue weighted by Crippen LogP contribution is -2.39. The van der Waals surface area contributed by atoms with Crippen molar-refractivity contribution in [3.63, 3.8) is 0 Å². The van der Waals surface area contributed by atoms with Gasteiger partial charge >= 0.3 is 5.97 Å². The average Bonchev–Trinajstić information content (AvgIpc) is 2.49. The molecule has 126 valence electrons. The van der Waals surface area contributed by atoms with Crippen LogP contribution in [0, 0.1) is 5.92 Å². The molecule has 0 aliphatic heterocycles. The van der Waals surface area contributed by atoms with Crippen molar-refractivity contribution in [1.29, 1.82) is 0 Å². The van der Waals surface area contributed by atoms with Crippen LogP contribution in [0.1, 0.15) is 43.6 Å². The second-order valence-electron chi connectivity index (χ2n) is 6.55. The molecule has 1 aromatic rings. The fourth-order valence-electron chi connectivity index (χ4n) is 1.80. The topological polar surface area (TPSA) is 95.5 Å². The minimum Gasteiger partial charge on any atom is -0.481 e. The third-order valence-electron chi connectivity index (χ3n) is 3.45. The lowest BCUT2D eigenvalue weighted by atomic mass is 9.87. The summed E-state index contributed by atoms with van der Waals surface area (Å²) in [6.45, 7) is 7.61. The Morgan fingerprint density at radius 2 is 1.65 bits per heavy atom. The highest BCUT2D eigenvalue weighted by atomic mass is 16.4. The van der Waals surface area contributed by atoms with Gasteiger partial charge in [0.1, 0.15) is 0 Å². The number of benzene rings is 1. The van der Waals surface area contributed by atoms with Gasteiger partial charge in [0.05, 0.1) is 12.5 Å². The summed E-state index contributed by atoms with van der Waals surface area (Å²) in [6, 6.07) is 7.23. The van der Waals surface area contributed by atoms with Gasteiger partial charge in [0.2, 0.25) is 5.91 Å². The monoisotopic (exact) mass is 320 g/mol. The first kappa shape index (κ1) is 18.7. The number of rotatable bonds is 6. The lowest BCUT2D eigenvalue weighted by Gasteiger charge is -2.19. The molecule has 1 atom stereocenters. The van der Waals surface area contributed by atoms with Gasteiger partial charge in [-0.1, -0.05) is 39.8 Å². The number of carboxylic acid groups (broad SMARTS) is 1. The second-order valence-corrected chi connectivity index (χ2v) is 6.55. The van der Waals surface area contributed by atoms with Crippen LogP contribution in [0.3, 0.4) is 0 Å². The number of aliphatic carboxylic acids is 1. The van der Waals surface area contributed by atoms with E-state index in [0.29, 0.717) is 5.56 Å². The first-order valence-electron chi connectivity index (χ1n) is 7.49. The summed E-state index contributed by atoms with van der Waals surface area (Å²) >= 11 is 0. The molecule has 23 heavy (non-hydrogen) atoms. The Morgan fingerprint density at radius 1 is 1.09 bits per heavy atom. The van der Waals surface area contributed by atoms with E-state index in [2.05, 4.69) is 31.4 Å². The standard InChI is InChI=1S/C17H24N2O4/c1-11(16(22)23)9-18-14(20)10-19-15(21)12-5-7-13(8-6-12)17(2,3)4/h5-8,11H,9-10H2,1-4H3,(H,18,20)(H,19,21)(H,22,23). The second kappa shape index (κ2) is 7.76. The summed E-state index contributed by atoms with van der Waals surface area (Å²) < 4.78 is 0. The zero-order valence-corrected chi connectivity index (χ0v) is 14.0. The molecule has 0 spiro atoms. The first-order chi connectivity index (χ1) is 10.6. The number of hydrogen-bond donors (Lipinski definition) is 3. The van der Waals surface area contributed by atoms with Gasteiger partial charge in [-0.05, 0) is 23.1 Å². The van der Waals surface area contributed by atoms with E-state index in [1.54, 1.807) is 12.1 Å². The zero-order chi connectivity index (χ0) is 17.6. The Hall–Kier alpha value is -2.37. The van der Waals surface area contributed by atoms with Crippen LogP contribution in [0.2, 0.25) is 0 Å². The van der Waals surface area contributed by atoms with E-state index in [1.165, 1.54) is 6.92 Å². The third-order valence-corrected chi connectivity index (χ3v) is 3.45. The molecular formula is C17H24N2O4. The summed E-state index contributed by atoms with van der Waals surface area (Å²) in [5, 5.41) is 13.7. The molecule has 3 N–H and O–H groups in total. The van der Waals surface area contributed by atoms with Crippen molar-refractivity contribution >= 4 is 17.8 Å². The van der Waals surface area contributed by atoms with Gasteiger partial charge in [-0.3, -0.25) is 14.4 Å². The first-order valence-corrected chi connectivity index (χ1v) is 7.49. The Kier molecular flexibility index (Phi) is 6.30. The lowest BCUT2D eigenvalue weighted by molar-refractivity contribution is -0.141. The molecule has 1 rings (SSSR count). The van der Waals surface area contributed by atoms with Crippen molar-refractivity contribution in [3.05, 3.63) is 35.4 Å². The van der Waals surface area contributed by atoms with E-state index in [0.717, 1.165) is 5.56 Å². The van der Waals surface area contributed by atoms with Gasteiger partial charge < -0.3 is 15.7 Å². The van der Waals surface area contributed by atoms with Crippen LogP contribution in [0.25, 0.3) is 0 Å². The summed E-state index contributed by atoms with van der Waals surface area (Å²) in [4.78, 5) is 34.2. The SMILES string of the molecule is CC(CNC(=O)CNC(=O)c1ccc(C(C)(C)C)cc1)C(=O)O. The van der Waals surface area contributed by atoms with Crippen molar-refractivity contribution < 1.29 is 19.5 Å². The Balaban J connectivity index is 2.47. The van der Waals surface area contributed by atoms with Crippen LogP contribution in [-0.2, 0) is 15.0 Å². The molecule has 0 saturated heterocycles. The largest absolute Gasteiger partial charge is 0.481 e. The van der Waals surface area contributed by atoms with Crippen LogP contribution in [0.4, 0.5) is 0 Å². The minimum atomic E-state index is -0.978. The van der Waals surface area contributed by atoms with E-state index in [1.807, 2.05) is 12.1 Å². The normalized spacial score (nSPS) is 12.3. The molecular weight excluding hydrogens is 296 g/mol. The molecule has 0 radical (unpaired) electrons. The van der Waals surface area contributed by atoms with Crippen LogP contribution >= 0.6 is 0 Å². The molecule has 0 heterocycles. The summed E-state index contributed by atoms with van der Waals surface area (Å²) in [7, 11) is 0. The van der Waals surface area contributed by atoms with E-state index in [-0.39, 0.29) is 24.4 Å². The number of nitrogens with one attached hydrogen (secondary N) is 2. The van der Waals surface area contributed by atoms with E-state index < -0.39 is 17.8 Å². The van der Waals surface area contributed by atoms with E-state index in [4.69, 9.17) is 5.11 Å². The van der Waals surface area contributed by atoms with Crippen LogP contribution in [-0.4, -0.2) is 36.0 Å². The smallest absolute Gasteiger partial charge is 0.308 e. The average molecular weight is 320 g/mol. The summed E-state index contributed by atoms with van der Waals surface area (Å²) in [5.74, 6) is -2.41. The van der Waals surface area contributed by atoms with Gasteiger partial charge in [-0.25, -0.2) is 0 Å². The van der Waals surface area contributed by atoms with Crippen molar-refractivity contribution in [2.45, 2.75) is 33.1 Å². The molecule has 1 unspecified atom stereocenters. The highest BCUT2D eigenvalue weighted by Crippen LogP contribution is 2.22.